The monoisotopic (exact) mass is 666 g/mol. The molecule has 1 fully saturated rings. The predicted octanol–water partition coefficient (Wildman–Crippen LogP) is 4.33. The van der Waals surface area contributed by atoms with Crippen molar-refractivity contribution in [2.75, 3.05) is 18.6 Å². The van der Waals surface area contributed by atoms with Crippen LogP contribution in [-0.2, 0) is 48.0 Å². The number of amides is 4. The Bertz CT molecular complexity index is 1750. The number of methoxy groups -OCH3 is 1. The van der Waals surface area contributed by atoms with Crippen molar-refractivity contribution in [2.24, 2.45) is 0 Å². The van der Waals surface area contributed by atoms with E-state index in [-0.39, 0.29) is 37.7 Å². The predicted molar refractivity (Wildman–Crippen MR) is 181 cm³/mol. The summed E-state index contributed by atoms with van der Waals surface area (Å²) in [5.74, 6) is -1.81. The second-order valence-electron chi connectivity index (χ2n) is 13.7. The van der Waals surface area contributed by atoms with E-state index in [1.54, 1.807) is 31.7 Å². The van der Waals surface area contributed by atoms with E-state index in [9.17, 15) is 24.0 Å². The lowest BCUT2D eigenvalue weighted by atomic mass is 9.92. The van der Waals surface area contributed by atoms with Gasteiger partial charge in [-0.25, -0.2) is 4.79 Å². The molecule has 0 radical (unpaired) electrons. The number of anilines is 1. The molecule has 11 nitrogen and oxygen atoms in total. The Morgan fingerprint density at radius 1 is 0.755 bits per heavy atom. The zero-order valence-electron chi connectivity index (χ0n) is 28.3. The number of rotatable bonds is 6. The Morgan fingerprint density at radius 3 is 2.08 bits per heavy atom. The van der Waals surface area contributed by atoms with Gasteiger partial charge in [-0.05, 0) is 61.9 Å². The second-order valence-corrected chi connectivity index (χ2v) is 13.7. The minimum absolute atomic E-state index is 0.165. The molecule has 0 saturated carbocycles. The number of hydrogen-bond acceptors (Lipinski definition) is 7. The summed E-state index contributed by atoms with van der Waals surface area (Å²) >= 11 is 0. The first-order valence-electron chi connectivity index (χ1n) is 16.7. The number of nitrogens with zero attached hydrogens (tertiary/aromatic N) is 3. The third kappa shape index (κ3) is 6.88. The van der Waals surface area contributed by atoms with E-state index in [2.05, 4.69) is 5.32 Å². The topological polar surface area (TPSA) is 126 Å². The fourth-order valence-corrected chi connectivity index (χ4v) is 7.19. The van der Waals surface area contributed by atoms with Crippen LogP contribution in [0.5, 0.6) is 0 Å². The maximum absolute atomic E-state index is 15.0. The van der Waals surface area contributed by atoms with E-state index in [4.69, 9.17) is 9.47 Å². The summed E-state index contributed by atoms with van der Waals surface area (Å²) in [6.07, 6.45) is 0.765. The molecule has 6 rings (SSSR count). The SMILES string of the molecule is COC(=O)CNC(=O)[C@H]1Cc2ccccc2CN1C(=O)[C@H]1CC[C@@H](c2ccccc2)N1C(=O)[C@H]1Cc2ccccc2N1C(=O)OC(C)(C)C. The summed E-state index contributed by atoms with van der Waals surface area (Å²) in [6.45, 7) is 5.16. The van der Waals surface area contributed by atoms with Gasteiger partial charge in [0.15, 0.2) is 0 Å². The van der Waals surface area contributed by atoms with Gasteiger partial charge in [0.1, 0.15) is 30.3 Å². The summed E-state index contributed by atoms with van der Waals surface area (Å²) in [5.41, 5.74) is 3.36. The van der Waals surface area contributed by atoms with Crippen LogP contribution in [0.3, 0.4) is 0 Å². The summed E-state index contributed by atoms with van der Waals surface area (Å²) in [7, 11) is 1.24. The first-order valence-corrected chi connectivity index (χ1v) is 16.7. The van der Waals surface area contributed by atoms with Gasteiger partial charge in [-0.15, -0.1) is 0 Å². The first-order chi connectivity index (χ1) is 23.5. The first kappa shape index (κ1) is 33.7. The van der Waals surface area contributed by atoms with Crippen LogP contribution in [0.25, 0.3) is 0 Å². The van der Waals surface area contributed by atoms with Gasteiger partial charge in [-0.3, -0.25) is 24.1 Å². The molecule has 0 unspecified atom stereocenters. The third-order valence-electron chi connectivity index (χ3n) is 9.43. The fraction of sp³-hybridized carbons (Fsp3) is 0.395. The molecule has 256 valence electrons. The number of para-hydroxylation sites is 1. The minimum atomic E-state index is -0.937. The average molecular weight is 667 g/mol. The van der Waals surface area contributed by atoms with Crippen molar-refractivity contribution < 1.29 is 33.4 Å². The molecule has 0 spiro atoms. The molecule has 1 N–H and O–H groups in total. The van der Waals surface area contributed by atoms with Gasteiger partial charge in [0, 0.05) is 19.4 Å². The van der Waals surface area contributed by atoms with Crippen LogP contribution in [0.1, 0.15) is 61.9 Å². The molecule has 0 aliphatic carbocycles. The molecule has 4 atom stereocenters. The number of esters is 1. The van der Waals surface area contributed by atoms with Gasteiger partial charge >= 0.3 is 12.1 Å². The van der Waals surface area contributed by atoms with E-state index in [0.29, 0.717) is 18.5 Å². The van der Waals surface area contributed by atoms with Gasteiger partial charge in [0.25, 0.3) is 0 Å². The number of carbonyl (C=O) groups excluding carboxylic acids is 5. The average Bonchev–Trinajstić information content (AvgIpc) is 3.72. The van der Waals surface area contributed by atoms with Gasteiger partial charge in [0.05, 0.1) is 18.8 Å². The molecule has 0 bridgehead atoms. The maximum atomic E-state index is 15.0. The molecule has 4 amide bonds. The van der Waals surface area contributed by atoms with E-state index in [1.807, 2.05) is 72.8 Å². The summed E-state index contributed by atoms with van der Waals surface area (Å²) in [4.78, 5) is 73.5. The van der Waals surface area contributed by atoms with Gasteiger partial charge < -0.3 is 24.6 Å². The lowest BCUT2D eigenvalue weighted by Gasteiger charge is -2.40. The van der Waals surface area contributed by atoms with Crippen molar-refractivity contribution in [3.05, 3.63) is 101 Å². The molecule has 0 aromatic heterocycles. The zero-order chi connectivity index (χ0) is 34.9. The fourth-order valence-electron chi connectivity index (χ4n) is 7.19. The highest BCUT2D eigenvalue weighted by molar-refractivity contribution is 6.02. The molecule has 49 heavy (non-hydrogen) atoms. The highest BCUT2D eigenvalue weighted by Gasteiger charge is 2.50. The Labute approximate surface area is 286 Å². The normalized spacial score (nSPS) is 21.4. The minimum Gasteiger partial charge on any atom is -0.468 e. The highest BCUT2D eigenvalue weighted by Crippen LogP contribution is 2.42. The standard InChI is InChI=1S/C38H42N4O7/c1-38(2,3)49-37(47)42-28-17-11-10-15-26(28)21-32(42)36(46)41-29(24-12-6-5-7-13-24)18-19-30(41)35(45)40-23-27-16-9-8-14-25(27)20-31(40)34(44)39-22-33(43)48-4/h5-17,29-32H,18-23H2,1-4H3,(H,39,44)/t29-,30+,31+,32+/m0/s1. The molecular weight excluding hydrogens is 624 g/mol. The summed E-state index contributed by atoms with van der Waals surface area (Å²) in [5, 5.41) is 2.62. The van der Waals surface area contributed by atoms with E-state index >= 15 is 0 Å². The van der Waals surface area contributed by atoms with Crippen LogP contribution < -0.4 is 10.2 Å². The lowest BCUT2D eigenvalue weighted by Crippen LogP contribution is -2.59. The van der Waals surface area contributed by atoms with Crippen molar-refractivity contribution in [3.8, 4) is 0 Å². The Balaban J connectivity index is 1.37. The van der Waals surface area contributed by atoms with Crippen LogP contribution in [0, 0.1) is 0 Å². The van der Waals surface area contributed by atoms with Crippen molar-refractivity contribution in [1.82, 2.24) is 15.1 Å². The second kappa shape index (κ2) is 13.7. The molecule has 3 heterocycles. The number of likely N-dealkylation sites (tertiary alicyclic amines) is 1. The van der Waals surface area contributed by atoms with Gasteiger partial charge in [-0.2, -0.15) is 0 Å². The Hall–Kier alpha value is -5.19. The van der Waals surface area contributed by atoms with E-state index in [1.165, 1.54) is 16.9 Å². The van der Waals surface area contributed by atoms with Crippen LogP contribution in [-0.4, -0.2) is 77.0 Å². The number of nitrogens with one attached hydrogen (secondary N) is 1. The smallest absolute Gasteiger partial charge is 0.415 e. The van der Waals surface area contributed by atoms with E-state index < -0.39 is 47.7 Å². The maximum Gasteiger partial charge on any atom is 0.415 e. The molecule has 3 aromatic carbocycles. The van der Waals surface area contributed by atoms with Crippen LogP contribution >= 0.6 is 0 Å². The van der Waals surface area contributed by atoms with Crippen molar-refractivity contribution in [1.29, 1.82) is 0 Å². The Morgan fingerprint density at radius 2 is 1.39 bits per heavy atom. The summed E-state index contributed by atoms with van der Waals surface area (Å²) < 4.78 is 10.5. The number of benzene rings is 3. The highest BCUT2D eigenvalue weighted by atomic mass is 16.6. The molecule has 3 aliphatic heterocycles. The molecule has 3 aromatic rings. The number of carbonyl (C=O) groups is 5. The molecule has 3 aliphatic rings. The van der Waals surface area contributed by atoms with Crippen LogP contribution in [0.4, 0.5) is 10.5 Å². The number of ether oxygens (including phenoxy) is 2. The van der Waals surface area contributed by atoms with Crippen molar-refractivity contribution >= 4 is 35.5 Å². The lowest BCUT2D eigenvalue weighted by molar-refractivity contribution is -0.151. The number of fused-ring (bicyclic) bond motifs is 2. The summed E-state index contributed by atoms with van der Waals surface area (Å²) in [6, 6.07) is 21.4. The number of hydrogen-bond donors (Lipinski definition) is 1. The van der Waals surface area contributed by atoms with Crippen LogP contribution in [0.2, 0.25) is 0 Å². The quantitative estimate of drug-likeness (QED) is 0.389. The van der Waals surface area contributed by atoms with Crippen LogP contribution in [0.15, 0.2) is 78.9 Å². The zero-order valence-corrected chi connectivity index (χ0v) is 28.3. The molecular formula is C38H42N4O7. The largest absolute Gasteiger partial charge is 0.468 e. The van der Waals surface area contributed by atoms with E-state index in [0.717, 1.165) is 22.3 Å². The Kier molecular flexibility index (Phi) is 9.45. The van der Waals surface area contributed by atoms with Crippen molar-refractivity contribution in [3.63, 3.8) is 0 Å². The van der Waals surface area contributed by atoms with Gasteiger partial charge in [-0.1, -0.05) is 72.8 Å². The van der Waals surface area contributed by atoms with Gasteiger partial charge in [0.2, 0.25) is 17.7 Å². The molecule has 1 saturated heterocycles. The van der Waals surface area contributed by atoms with Crippen molar-refractivity contribution in [2.45, 2.75) is 82.8 Å². The third-order valence-corrected chi connectivity index (χ3v) is 9.43. The molecule has 11 heteroatoms.